The smallest absolute Gasteiger partial charge is 0.0540 e. The predicted molar refractivity (Wildman–Crippen MR) is 215 cm³/mol. The SMILES string of the molecule is CC1(C)c2ccccc2-c2ccc(N(c3ccc(C4CC5CCC4C5)cc3)c3ccccc3-c3cccc4cccc(-c5ccccc5)c34)cc21. The first kappa shape index (κ1) is 30.4. The number of hydrogen-bond acceptors (Lipinski definition) is 1. The molecule has 3 atom stereocenters. The summed E-state index contributed by atoms with van der Waals surface area (Å²) in [6.07, 6.45) is 5.62. The van der Waals surface area contributed by atoms with E-state index >= 15 is 0 Å². The average molecular weight is 658 g/mol. The molecule has 0 amide bonds. The molecule has 7 aromatic carbocycles. The highest BCUT2D eigenvalue weighted by Gasteiger charge is 2.40. The van der Waals surface area contributed by atoms with Crippen LogP contribution in [0.15, 0.2) is 158 Å². The molecule has 7 aromatic rings. The second-order valence-corrected chi connectivity index (χ2v) is 15.7. The zero-order valence-electron chi connectivity index (χ0n) is 29.5. The highest BCUT2D eigenvalue weighted by atomic mass is 15.1. The molecule has 10 rings (SSSR count). The summed E-state index contributed by atoms with van der Waals surface area (Å²) < 4.78 is 0. The molecule has 0 aliphatic heterocycles. The Bertz CT molecular complexity index is 2410. The van der Waals surface area contributed by atoms with E-state index in [1.54, 1.807) is 0 Å². The van der Waals surface area contributed by atoms with Crippen molar-refractivity contribution >= 4 is 27.8 Å². The highest BCUT2D eigenvalue weighted by molar-refractivity contribution is 6.08. The molecular formula is C50H43N. The van der Waals surface area contributed by atoms with E-state index in [4.69, 9.17) is 0 Å². The van der Waals surface area contributed by atoms with Gasteiger partial charge < -0.3 is 4.90 Å². The Labute approximate surface area is 302 Å². The maximum absolute atomic E-state index is 2.52. The van der Waals surface area contributed by atoms with Crippen LogP contribution in [0.3, 0.4) is 0 Å². The van der Waals surface area contributed by atoms with Crippen molar-refractivity contribution in [3.05, 3.63) is 174 Å². The maximum Gasteiger partial charge on any atom is 0.0540 e. The third-order valence-electron chi connectivity index (χ3n) is 12.6. The van der Waals surface area contributed by atoms with Gasteiger partial charge in [0.1, 0.15) is 0 Å². The fourth-order valence-corrected chi connectivity index (χ4v) is 10.1. The topological polar surface area (TPSA) is 3.24 Å². The van der Waals surface area contributed by atoms with Crippen molar-refractivity contribution in [2.45, 2.75) is 50.9 Å². The minimum Gasteiger partial charge on any atom is -0.310 e. The Balaban J connectivity index is 1.17. The third-order valence-corrected chi connectivity index (χ3v) is 12.6. The lowest BCUT2D eigenvalue weighted by Crippen LogP contribution is -2.17. The number of hydrogen-bond donors (Lipinski definition) is 0. The van der Waals surface area contributed by atoms with Crippen LogP contribution in [0.4, 0.5) is 17.1 Å². The van der Waals surface area contributed by atoms with Gasteiger partial charge in [-0.3, -0.25) is 0 Å². The molecule has 2 saturated carbocycles. The fourth-order valence-electron chi connectivity index (χ4n) is 10.1. The van der Waals surface area contributed by atoms with Gasteiger partial charge in [-0.25, -0.2) is 0 Å². The molecule has 0 aromatic heterocycles. The van der Waals surface area contributed by atoms with Crippen LogP contribution in [-0.4, -0.2) is 0 Å². The van der Waals surface area contributed by atoms with Gasteiger partial charge in [-0.1, -0.05) is 148 Å². The van der Waals surface area contributed by atoms with Gasteiger partial charge in [-0.15, -0.1) is 0 Å². The Kier molecular flexibility index (Phi) is 7.07. The average Bonchev–Trinajstić information content (AvgIpc) is 3.88. The molecule has 0 heterocycles. The largest absolute Gasteiger partial charge is 0.310 e. The summed E-state index contributed by atoms with van der Waals surface area (Å²) in [5.74, 6) is 2.51. The van der Waals surface area contributed by atoms with Crippen LogP contribution in [-0.2, 0) is 5.41 Å². The van der Waals surface area contributed by atoms with Crippen LogP contribution in [0.5, 0.6) is 0 Å². The summed E-state index contributed by atoms with van der Waals surface area (Å²) in [5, 5.41) is 2.54. The summed E-state index contributed by atoms with van der Waals surface area (Å²) in [6, 6.07) is 59.1. The lowest BCUT2D eigenvalue weighted by molar-refractivity contribution is 0.420. The monoisotopic (exact) mass is 657 g/mol. The van der Waals surface area contributed by atoms with Crippen molar-refractivity contribution in [1.29, 1.82) is 0 Å². The van der Waals surface area contributed by atoms with Gasteiger partial charge in [0.15, 0.2) is 0 Å². The quantitative estimate of drug-likeness (QED) is 0.172. The number of benzene rings is 7. The molecule has 0 N–H and O–H groups in total. The van der Waals surface area contributed by atoms with E-state index < -0.39 is 0 Å². The van der Waals surface area contributed by atoms with E-state index in [2.05, 4.69) is 176 Å². The van der Waals surface area contributed by atoms with Gasteiger partial charge in [0.05, 0.1) is 5.69 Å². The van der Waals surface area contributed by atoms with Crippen molar-refractivity contribution in [1.82, 2.24) is 0 Å². The molecule has 2 bridgehead atoms. The van der Waals surface area contributed by atoms with Crippen LogP contribution in [0.2, 0.25) is 0 Å². The van der Waals surface area contributed by atoms with E-state index in [-0.39, 0.29) is 5.41 Å². The summed E-state index contributed by atoms with van der Waals surface area (Å²) in [7, 11) is 0. The minimum absolute atomic E-state index is 0.0843. The molecule has 3 aliphatic carbocycles. The normalized spacial score (nSPS) is 19.6. The first-order chi connectivity index (χ1) is 25.0. The van der Waals surface area contributed by atoms with Crippen LogP contribution in [0.25, 0.3) is 44.2 Å². The number of para-hydroxylation sites is 1. The first-order valence-corrected chi connectivity index (χ1v) is 18.9. The Morgan fingerprint density at radius 3 is 1.94 bits per heavy atom. The van der Waals surface area contributed by atoms with Crippen LogP contribution in [0.1, 0.15) is 62.1 Å². The van der Waals surface area contributed by atoms with Gasteiger partial charge in [0.2, 0.25) is 0 Å². The molecule has 2 fully saturated rings. The summed E-state index contributed by atoms with van der Waals surface area (Å²) >= 11 is 0. The first-order valence-electron chi connectivity index (χ1n) is 18.9. The molecule has 3 unspecified atom stereocenters. The second kappa shape index (κ2) is 11.8. The van der Waals surface area contributed by atoms with Gasteiger partial charge in [-0.2, -0.15) is 0 Å². The Hall–Kier alpha value is -5.40. The van der Waals surface area contributed by atoms with Gasteiger partial charge in [0.25, 0.3) is 0 Å². The zero-order valence-corrected chi connectivity index (χ0v) is 29.5. The van der Waals surface area contributed by atoms with Gasteiger partial charge in [0, 0.05) is 22.4 Å². The third kappa shape index (κ3) is 4.89. The second-order valence-electron chi connectivity index (χ2n) is 15.7. The van der Waals surface area contributed by atoms with Crippen molar-refractivity contribution < 1.29 is 0 Å². The summed E-state index contributed by atoms with van der Waals surface area (Å²) in [5.41, 5.74) is 15.5. The lowest BCUT2D eigenvalue weighted by atomic mass is 9.82. The summed E-state index contributed by atoms with van der Waals surface area (Å²) in [4.78, 5) is 2.52. The number of rotatable bonds is 6. The number of fused-ring (bicyclic) bond motifs is 6. The zero-order chi connectivity index (χ0) is 34.1. The molecule has 1 nitrogen and oxygen atoms in total. The van der Waals surface area contributed by atoms with Crippen molar-refractivity contribution in [3.8, 4) is 33.4 Å². The van der Waals surface area contributed by atoms with Crippen LogP contribution in [0, 0.1) is 11.8 Å². The number of nitrogens with zero attached hydrogens (tertiary/aromatic N) is 1. The molecule has 51 heavy (non-hydrogen) atoms. The van der Waals surface area contributed by atoms with E-state index in [0.717, 1.165) is 11.8 Å². The molecule has 3 aliphatic rings. The lowest BCUT2D eigenvalue weighted by Gasteiger charge is -2.30. The van der Waals surface area contributed by atoms with E-state index in [0.29, 0.717) is 5.92 Å². The molecule has 1 heteroatoms. The predicted octanol–water partition coefficient (Wildman–Crippen LogP) is 13.9. The molecule has 248 valence electrons. The van der Waals surface area contributed by atoms with E-state index in [1.165, 1.54) is 104 Å². The Morgan fingerprint density at radius 2 is 1.18 bits per heavy atom. The van der Waals surface area contributed by atoms with Crippen molar-refractivity contribution in [2.24, 2.45) is 11.8 Å². The molecular weight excluding hydrogens is 615 g/mol. The van der Waals surface area contributed by atoms with Gasteiger partial charge >= 0.3 is 0 Å². The van der Waals surface area contributed by atoms with Crippen LogP contribution >= 0.6 is 0 Å². The molecule has 0 spiro atoms. The maximum atomic E-state index is 2.52. The minimum atomic E-state index is -0.0843. The fraction of sp³-hybridized carbons (Fsp3) is 0.200. The standard InChI is InChI=1S/C50H43N/c1-50(2)46-20-8-6-16-41(46)42-29-28-39(32-47(42)50)51(38-26-24-35(25-27-38)45-31-33-22-23-37(45)30-33)48-21-9-7-17-43(48)44-19-11-15-36-14-10-18-40(49(36)44)34-12-4-3-5-13-34/h3-21,24-29,32-33,37,45H,22-23,30-31H2,1-2H3. The van der Waals surface area contributed by atoms with E-state index in [9.17, 15) is 0 Å². The molecule has 0 saturated heterocycles. The van der Waals surface area contributed by atoms with Crippen LogP contribution < -0.4 is 4.90 Å². The van der Waals surface area contributed by atoms with Crippen molar-refractivity contribution in [2.75, 3.05) is 4.90 Å². The van der Waals surface area contributed by atoms with Crippen molar-refractivity contribution in [3.63, 3.8) is 0 Å². The summed E-state index contributed by atoms with van der Waals surface area (Å²) in [6.45, 7) is 4.76. The number of anilines is 3. The van der Waals surface area contributed by atoms with Gasteiger partial charge in [-0.05, 0) is 123 Å². The molecule has 0 radical (unpaired) electrons. The highest BCUT2D eigenvalue weighted by Crippen LogP contribution is 2.54. The Morgan fingerprint density at radius 1 is 0.510 bits per heavy atom. The van der Waals surface area contributed by atoms with E-state index in [1.807, 2.05) is 0 Å².